The summed E-state index contributed by atoms with van der Waals surface area (Å²) in [4.78, 5) is 26.3. The molecule has 0 atom stereocenters. The van der Waals surface area contributed by atoms with Crippen LogP contribution in [0.2, 0.25) is 0 Å². The highest BCUT2D eigenvalue weighted by molar-refractivity contribution is 5.97. The van der Waals surface area contributed by atoms with Crippen molar-refractivity contribution in [2.24, 2.45) is 0 Å². The van der Waals surface area contributed by atoms with Crippen molar-refractivity contribution < 1.29 is 9.59 Å². The lowest BCUT2D eigenvalue weighted by molar-refractivity contribution is -0.117. The van der Waals surface area contributed by atoms with E-state index in [0.717, 1.165) is 5.56 Å². The number of pyridine rings is 1. The van der Waals surface area contributed by atoms with Gasteiger partial charge in [0.1, 0.15) is 5.78 Å². The Morgan fingerprint density at radius 3 is 2.67 bits per heavy atom. The van der Waals surface area contributed by atoms with Crippen LogP contribution in [0, 0.1) is 6.92 Å². The first-order valence-corrected chi connectivity index (χ1v) is 5.04. The van der Waals surface area contributed by atoms with E-state index < -0.39 is 0 Å². The summed E-state index contributed by atoms with van der Waals surface area (Å²) in [6, 6.07) is 1.73. The van der Waals surface area contributed by atoms with Crippen molar-refractivity contribution in [2.45, 2.75) is 33.1 Å². The predicted molar refractivity (Wildman–Crippen MR) is 57.8 cm³/mol. The van der Waals surface area contributed by atoms with E-state index in [4.69, 9.17) is 0 Å². The van der Waals surface area contributed by atoms with Crippen LogP contribution in [0.5, 0.6) is 0 Å². The molecule has 0 bridgehead atoms. The van der Waals surface area contributed by atoms with E-state index in [0.29, 0.717) is 24.8 Å². The molecule has 1 aromatic rings. The van der Waals surface area contributed by atoms with E-state index in [1.807, 2.05) is 6.92 Å². The maximum absolute atomic E-state index is 11.7. The maximum atomic E-state index is 11.7. The molecule has 0 aliphatic rings. The Morgan fingerprint density at radius 2 is 2.07 bits per heavy atom. The molecule has 0 saturated heterocycles. The van der Waals surface area contributed by atoms with E-state index >= 15 is 0 Å². The molecule has 0 radical (unpaired) electrons. The van der Waals surface area contributed by atoms with Crippen LogP contribution in [0.25, 0.3) is 0 Å². The third-order valence-corrected chi connectivity index (χ3v) is 2.25. The van der Waals surface area contributed by atoms with Crippen molar-refractivity contribution in [3.63, 3.8) is 0 Å². The summed E-state index contributed by atoms with van der Waals surface area (Å²) in [7, 11) is 0. The molecule has 3 heteroatoms. The molecule has 1 heterocycles. The average Bonchev–Trinajstić information content (AvgIpc) is 2.17. The first-order valence-electron chi connectivity index (χ1n) is 5.04. The van der Waals surface area contributed by atoms with E-state index in [2.05, 4.69) is 4.98 Å². The minimum atomic E-state index is 0.0937. The van der Waals surface area contributed by atoms with Crippen molar-refractivity contribution in [3.8, 4) is 0 Å². The molecule has 0 amide bonds. The Morgan fingerprint density at radius 1 is 1.33 bits per heavy atom. The molecule has 80 valence electrons. The van der Waals surface area contributed by atoms with Gasteiger partial charge in [-0.1, -0.05) is 0 Å². The topological polar surface area (TPSA) is 47.0 Å². The number of carbonyl (C=O) groups is 2. The molecule has 0 fully saturated rings. The first-order chi connectivity index (χ1) is 7.11. The SMILES string of the molecule is CC(=O)CCCC(=O)c1ccncc1C. The molecule has 0 unspecified atom stereocenters. The zero-order valence-electron chi connectivity index (χ0n) is 9.12. The average molecular weight is 205 g/mol. The summed E-state index contributed by atoms with van der Waals surface area (Å²) in [6.45, 7) is 3.41. The number of rotatable bonds is 5. The largest absolute Gasteiger partial charge is 0.300 e. The normalized spacial score (nSPS) is 10.0. The molecule has 3 nitrogen and oxygen atoms in total. The smallest absolute Gasteiger partial charge is 0.163 e. The summed E-state index contributed by atoms with van der Waals surface area (Å²) in [5.74, 6) is 0.227. The minimum absolute atomic E-state index is 0.0937. The van der Waals surface area contributed by atoms with Crippen molar-refractivity contribution in [3.05, 3.63) is 29.6 Å². The van der Waals surface area contributed by atoms with Crippen LogP contribution < -0.4 is 0 Å². The van der Waals surface area contributed by atoms with Gasteiger partial charge in [0, 0.05) is 30.8 Å². The lowest BCUT2D eigenvalue weighted by Crippen LogP contribution is -2.03. The Balaban J connectivity index is 2.54. The van der Waals surface area contributed by atoms with E-state index in [9.17, 15) is 9.59 Å². The van der Waals surface area contributed by atoms with Gasteiger partial charge >= 0.3 is 0 Å². The number of carbonyl (C=O) groups excluding carboxylic acids is 2. The van der Waals surface area contributed by atoms with Gasteiger partial charge in [0.2, 0.25) is 0 Å². The molecule has 0 spiro atoms. The van der Waals surface area contributed by atoms with Gasteiger partial charge in [0.25, 0.3) is 0 Å². The van der Waals surface area contributed by atoms with Crippen molar-refractivity contribution >= 4 is 11.6 Å². The predicted octanol–water partition coefficient (Wildman–Crippen LogP) is 2.33. The van der Waals surface area contributed by atoms with E-state index in [1.165, 1.54) is 0 Å². The van der Waals surface area contributed by atoms with Gasteiger partial charge in [-0.15, -0.1) is 0 Å². The number of hydrogen-bond acceptors (Lipinski definition) is 3. The monoisotopic (exact) mass is 205 g/mol. The van der Waals surface area contributed by atoms with Crippen LogP contribution in [0.3, 0.4) is 0 Å². The molecule has 1 rings (SSSR count). The van der Waals surface area contributed by atoms with Gasteiger partial charge in [-0.25, -0.2) is 0 Å². The molecule has 0 saturated carbocycles. The van der Waals surface area contributed by atoms with Crippen molar-refractivity contribution in [2.75, 3.05) is 0 Å². The summed E-state index contributed by atoms with van der Waals surface area (Å²) < 4.78 is 0. The highest BCUT2D eigenvalue weighted by Gasteiger charge is 2.08. The second-order valence-electron chi connectivity index (χ2n) is 3.67. The van der Waals surface area contributed by atoms with Crippen LogP contribution in [0.1, 0.15) is 42.1 Å². The molecular weight excluding hydrogens is 190 g/mol. The molecule has 15 heavy (non-hydrogen) atoms. The Hall–Kier alpha value is -1.51. The maximum Gasteiger partial charge on any atom is 0.163 e. The third-order valence-electron chi connectivity index (χ3n) is 2.25. The summed E-state index contributed by atoms with van der Waals surface area (Å²) >= 11 is 0. The number of aryl methyl sites for hydroxylation is 1. The molecule has 0 aliphatic heterocycles. The number of ketones is 2. The standard InChI is InChI=1S/C12H15NO2/c1-9-8-13-7-6-11(9)12(15)5-3-4-10(2)14/h6-8H,3-5H2,1-2H3. The van der Waals surface area contributed by atoms with Crippen LogP contribution in [-0.2, 0) is 4.79 Å². The van der Waals surface area contributed by atoms with Crippen molar-refractivity contribution in [1.82, 2.24) is 4.98 Å². The second-order valence-corrected chi connectivity index (χ2v) is 3.67. The fourth-order valence-corrected chi connectivity index (χ4v) is 1.42. The lowest BCUT2D eigenvalue weighted by atomic mass is 10.0. The highest BCUT2D eigenvalue weighted by atomic mass is 16.1. The molecular formula is C12H15NO2. The fraction of sp³-hybridized carbons (Fsp3) is 0.417. The van der Waals surface area contributed by atoms with Gasteiger partial charge in [-0.2, -0.15) is 0 Å². The minimum Gasteiger partial charge on any atom is -0.300 e. The second kappa shape index (κ2) is 5.39. The third kappa shape index (κ3) is 3.62. The Kier molecular flexibility index (Phi) is 4.16. The Labute approximate surface area is 89.5 Å². The van der Waals surface area contributed by atoms with E-state index in [1.54, 1.807) is 25.4 Å². The van der Waals surface area contributed by atoms with Crippen LogP contribution in [0.4, 0.5) is 0 Å². The van der Waals surface area contributed by atoms with Gasteiger partial charge in [0.15, 0.2) is 5.78 Å². The summed E-state index contributed by atoms with van der Waals surface area (Å²) in [5, 5.41) is 0. The summed E-state index contributed by atoms with van der Waals surface area (Å²) in [5.41, 5.74) is 1.61. The fourth-order valence-electron chi connectivity index (χ4n) is 1.42. The molecule has 0 aromatic carbocycles. The zero-order valence-corrected chi connectivity index (χ0v) is 9.12. The van der Waals surface area contributed by atoms with Crippen LogP contribution in [0.15, 0.2) is 18.5 Å². The van der Waals surface area contributed by atoms with E-state index in [-0.39, 0.29) is 11.6 Å². The van der Waals surface area contributed by atoms with Crippen LogP contribution >= 0.6 is 0 Å². The van der Waals surface area contributed by atoms with Crippen molar-refractivity contribution in [1.29, 1.82) is 0 Å². The van der Waals surface area contributed by atoms with Gasteiger partial charge in [0.05, 0.1) is 0 Å². The Bertz CT molecular complexity index is 372. The van der Waals surface area contributed by atoms with Crippen LogP contribution in [-0.4, -0.2) is 16.6 Å². The number of aromatic nitrogens is 1. The number of Topliss-reactive ketones (excluding diaryl/α,β-unsaturated/α-hetero) is 2. The first kappa shape index (κ1) is 11.6. The number of hydrogen-bond donors (Lipinski definition) is 0. The number of nitrogens with zero attached hydrogens (tertiary/aromatic N) is 1. The molecule has 0 N–H and O–H groups in total. The summed E-state index contributed by atoms with van der Waals surface area (Å²) in [6.07, 6.45) is 4.85. The molecule has 0 aliphatic carbocycles. The highest BCUT2D eigenvalue weighted by Crippen LogP contribution is 2.10. The molecule has 1 aromatic heterocycles. The lowest BCUT2D eigenvalue weighted by Gasteiger charge is -2.02. The van der Waals surface area contributed by atoms with Gasteiger partial charge in [-0.05, 0) is 31.9 Å². The quantitative estimate of drug-likeness (QED) is 0.693. The zero-order chi connectivity index (χ0) is 11.3. The van der Waals surface area contributed by atoms with Gasteiger partial charge in [-0.3, -0.25) is 9.78 Å². The van der Waals surface area contributed by atoms with Gasteiger partial charge < -0.3 is 4.79 Å².